The molecule has 1 aromatic carbocycles. The van der Waals surface area contributed by atoms with E-state index in [2.05, 4.69) is 10.0 Å². The molecule has 0 spiro atoms. The molecule has 21 heavy (non-hydrogen) atoms. The van der Waals surface area contributed by atoms with E-state index in [0.717, 1.165) is 31.5 Å². The molecule has 1 heterocycles. The molecule has 1 fully saturated rings. The SMILES string of the molecule is CC(C)c1ccc(Cl)c(S(=O)(=O)NCCC2CCNC2)c1. The van der Waals surface area contributed by atoms with E-state index in [1.165, 1.54) is 0 Å². The zero-order valence-corrected chi connectivity index (χ0v) is 14.1. The summed E-state index contributed by atoms with van der Waals surface area (Å²) in [7, 11) is -3.54. The number of halogens is 1. The van der Waals surface area contributed by atoms with E-state index < -0.39 is 10.0 Å². The Hall–Kier alpha value is -0.620. The number of hydrogen-bond acceptors (Lipinski definition) is 3. The first-order valence-electron chi connectivity index (χ1n) is 7.40. The Morgan fingerprint density at radius 3 is 2.81 bits per heavy atom. The van der Waals surface area contributed by atoms with Gasteiger partial charge in [0.2, 0.25) is 10.0 Å². The first-order valence-corrected chi connectivity index (χ1v) is 9.26. The second kappa shape index (κ2) is 7.09. The zero-order chi connectivity index (χ0) is 15.5. The van der Waals surface area contributed by atoms with Crippen LogP contribution in [0.3, 0.4) is 0 Å². The average molecular weight is 331 g/mol. The summed E-state index contributed by atoms with van der Waals surface area (Å²) in [6, 6.07) is 5.20. The van der Waals surface area contributed by atoms with E-state index >= 15 is 0 Å². The highest BCUT2D eigenvalue weighted by atomic mass is 35.5. The van der Waals surface area contributed by atoms with Crippen molar-refractivity contribution < 1.29 is 8.42 Å². The van der Waals surface area contributed by atoms with Gasteiger partial charge in [0.05, 0.1) is 5.02 Å². The molecule has 0 aliphatic carbocycles. The van der Waals surface area contributed by atoms with Crippen molar-refractivity contribution in [2.45, 2.75) is 37.5 Å². The lowest BCUT2D eigenvalue weighted by Gasteiger charge is -2.13. The van der Waals surface area contributed by atoms with Gasteiger partial charge in [-0.05, 0) is 55.5 Å². The predicted octanol–water partition coefficient (Wildman–Crippen LogP) is 2.74. The molecule has 1 aliphatic heterocycles. The lowest BCUT2D eigenvalue weighted by Crippen LogP contribution is -2.27. The molecule has 118 valence electrons. The van der Waals surface area contributed by atoms with E-state index in [9.17, 15) is 8.42 Å². The molecule has 2 rings (SSSR count). The second-order valence-electron chi connectivity index (χ2n) is 5.89. The number of rotatable bonds is 6. The molecule has 0 amide bonds. The molecule has 0 saturated carbocycles. The minimum atomic E-state index is -3.54. The molecular formula is C15H23ClN2O2S. The number of sulfonamides is 1. The number of nitrogens with one attached hydrogen (secondary N) is 2. The third-order valence-corrected chi connectivity index (χ3v) is 5.86. The second-order valence-corrected chi connectivity index (χ2v) is 8.03. The quantitative estimate of drug-likeness (QED) is 0.843. The van der Waals surface area contributed by atoms with E-state index in [1.54, 1.807) is 12.1 Å². The van der Waals surface area contributed by atoms with Crippen LogP contribution in [0.1, 0.15) is 38.2 Å². The zero-order valence-electron chi connectivity index (χ0n) is 12.5. The van der Waals surface area contributed by atoms with Gasteiger partial charge in [-0.25, -0.2) is 13.1 Å². The van der Waals surface area contributed by atoms with Crippen molar-refractivity contribution in [1.29, 1.82) is 0 Å². The van der Waals surface area contributed by atoms with Crippen LogP contribution in [0.4, 0.5) is 0 Å². The van der Waals surface area contributed by atoms with E-state index in [4.69, 9.17) is 11.6 Å². The van der Waals surface area contributed by atoms with E-state index in [1.807, 2.05) is 19.9 Å². The van der Waals surface area contributed by atoms with Crippen molar-refractivity contribution in [3.05, 3.63) is 28.8 Å². The first kappa shape index (κ1) is 16.7. The van der Waals surface area contributed by atoms with Gasteiger partial charge >= 0.3 is 0 Å². The van der Waals surface area contributed by atoms with Crippen molar-refractivity contribution in [2.24, 2.45) is 5.92 Å². The largest absolute Gasteiger partial charge is 0.316 e. The van der Waals surface area contributed by atoms with Crippen LogP contribution < -0.4 is 10.0 Å². The summed E-state index contributed by atoms with van der Waals surface area (Å²) < 4.78 is 27.5. The summed E-state index contributed by atoms with van der Waals surface area (Å²) in [5, 5.41) is 3.55. The van der Waals surface area contributed by atoms with Gasteiger partial charge in [0.15, 0.2) is 0 Å². The molecule has 4 nitrogen and oxygen atoms in total. The monoisotopic (exact) mass is 330 g/mol. The Kier molecular flexibility index (Phi) is 5.66. The molecule has 1 aromatic rings. The molecule has 0 aromatic heterocycles. The van der Waals surface area contributed by atoms with Crippen molar-refractivity contribution >= 4 is 21.6 Å². The summed E-state index contributed by atoms with van der Waals surface area (Å²) in [6.45, 7) is 6.52. The van der Waals surface area contributed by atoms with Gasteiger partial charge in [-0.2, -0.15) is 0 Å². The van der Waals surface area contributed by atoms with E-state index in [-0.39, 0.29) is 15.8 Å². The van der Waals surface area contributed by atoms with E-state index in [0.29, 0.717) is 12.5 Å². The van der Waals surface area contributed by atoms with Crippen LogP contribution in [-0.2, 0) is 10.0 Å². The molecule has 2 N–H and O–H groups in total. The Labute approximate surface area is 132 Å². The minimum Gasteiger partial charge on any atom is -0.316 e. The summed E-state index contributed by atoms with van der Waals surface area (Å²) in [5.74, 6) is 0.825. The van der Waals surface area contributed by atoms with Crippen molar-refractivity contribution in [2.75, 3.05) is 19.6 Å². The van der Waals surface area contributed by atoms with Gasteiger partial charge in [-0.15, -0.1) is 0 Å². The molecule has 0 radical (unpaired) electrons. The highest BCUT2D eigenvalue weighted by Crippen LogP contribution is 2.26. The molecule has 1 saturated heterocycles. The van der Waals surface area contributed by atoms with Crippen LogP contribution in [0, 0.1) is 5.92 Å². The van der Waals surface area contributed by atoms with Gasteiger partial charge in [-0.1, -0.05) is 31.5 Å². The van der Waals surface area contributed by atoms with Gasteiger partial charge in [0.1, 0.15) is 4.90 Å². The van der Waals surface area contributed by atoms with Crippen LogP contribution in [0.2, 0.25) is 5.02 Å². The molecular weight excluding hydrogens is 308 g/mol. The minimum absolute atomic E-state index is 0.180. The van der Waals surface area contributed by atoms with Crippen LogP contribution >= 0.6 is 11.6 Å². The molecule has 0 bridgehead atoms. The summed E-state index contributed by atoms with van der Waals surface area (Å²) in [6.07, 6.45) is 1.97. The van der Waals surface area contributed by atoms with Crippen LogP contribution in [0.5, 0.6) is 0 Å². The summed E-state index contributed by atoms with van der Waals surface area (Å²) in [4.78, 5) is 0.180. The van der Waals surface area contributed by atoms with Crippen LogP contribution in [0.25, 0.3) is 0 Å². The van der Waals surface area contributed by atoms with Crippen LogP contribution in [0.15, 0.2) is 23.1 Å². The third kappa shape index (κ3) is 4.42. The van der Waals surface area contributed by atoms with Crippen molar-refractivity contribution in [3.8, 4) is 0 Å². The van der Waals surface area contributed by atoms with Gasteiger partial charge in [0, 0.05) is 6.54 Å². The van der Waals surface area contributed by atoms with Gasteiger partial charge < -0.3 is 5.32 Å². The maximum absolute atomic E-state index is 12.4. The molecule has 1 unspecified atom stereocenters. The van der Waals surface area contributed by atoms with Gasteiger partial charge in [0.25, 0.3) is 0 Å². The van der Waals surface area contributed by atoms with Crippen molar-refractivity contribution in [3.63, 3.8) is 0 Å². The molecule has 1 aliphatic rings. The topological polar surface area (TPSA) is 58.2 Å². The third-order valence-electron chi connectivity index (χ3n) is 3.92. The maximum Gasteiger partial charge on any atom is 0.242 e. The summed E-state index contributed by atoms with van der Waals surface area (Å²) >= 11 is 6.06. The lowest BCUT2D eigenvalue weighted by molar-refractivity contribution is 0.519. The Bertz CT molecular complexity index is 581. The maximum atomic E-state index is 12.4. The smallest absolute Gasteiger partial charge is 0.242 e. The average Bonchev–Trinajstić information content (AvgIpc) is 2.91. The molecule has 6 heteroatoms. The fourth-order valence-electron chi connectivity index (χ4n) is 2.52. The Morgan fingerprint density at radius 1 is 1.43 bits per heavy atom. The predicted molar refractivity (Wildman–Crippen MR) is 86.3 cm³/mol. The lowest BCUT2D eigenvalue weighted by atomic mass is 10.0. The number of benzene rings is 1. The fourth-order valence-corrected chi connectivity index (χ4v) is 4.10. The Balaban J connectivity index is 2.05. The normalized spacial score (nSPS) is 19.3. The standard InChI is InChI=1S/C15H23ClN2O2S/c1-11(2)13-3-4-14(16)15(9-13)21(19,20)18-8-6-12-5-7-17-10-12/h3-4,9,11-12,17-18H,5-8,10H2,1-2H3. The first-order chi connectivity index (χ1) is 9.90. The van der Waals surface area contributed by atoms with Gasteiger partial charge in [-0.3, -0.25) is 0 Å². The molecule has 1 atom stereocenters. The summed E-state index contributed by atoms with van der Waals surface area (Å²) in [5.41, 5.74) is 0.972. The highest BCUT2D eigenvalue weighted by molar-refractivity contribution is 7.89. The van der Waals surface area contributed by atoms with Crippen LogP contribution in [-0.4, -0.2) is 28.1 Å². The van der Waals surface area contributed by atoms with Crippen molar-refractivity contribution in [1.82, 2.24) is 10.0 Å². The Morgan fingerprint density at radius 2 is 2.19 bits per heavy atom. The highest BCUT2D eigenvalue weighted by Gasteiger charge is 2.20. The fraction of sp³-hybridized carbons (Fsp3) is 0.600. The number of hydrogen-bond donors (Lipinski definition) is 2.